The normalized spacial score (nSPS) is 10.6. The summed E-state index contributed by atoms with van der Waals surface area (Å²) in [5.74, 6) is -0.973. The number of hydrogen-bond donors (Lipinski definition) is 1. The van der Waals surface area contributed by atoms with Gasteiger partial charge in [0.05, 0.1) is 30.5 Å². The van der Waals surface area contributed by atoms with Gasteiger partial charge in [0.2, 0.25) is 0 Å². The number of carbonyl (C=O) groups is 2. The highest BCUT2D eigenvalue weighted by Crippen LogP contribution is 2.32. The van der Waals surface area contributed by atoms with Gasteiger partial charge in [-0.05, 0) is 51.1 Å². The second kappa shape index (κ2) is 9.93. The van der Waals surface area contributed by atoms with E-state index in [1.165, 1.54) is 13.3 Å². The van der Waals surface area contributed by atoms with Gasteiger partial charge in [-0.15, -0.1) is 0 Å². The van der Waals surface area contributed by atoms with E-state index in [0.29, 0.717) is 27.7 Å². The lowest BCUT2D eigenvalue weighted by Crippen LogP contribution is -2.21. The van der Waals surface area contributed by atoms with Crippen molar-refractivity contribution >= 4 is 39.9 Å². The number of rotatable bonds is 8. The Hall–Kier alpha value is -3.61. The Morgan fingerprint density at radius 2 is 1.68 bits per heavy atom. The summed E-state index contributed by atoms with van der Waals surface area (Å²) < 4.78 is 10.1. The zero-order valence-corrected chi connectivity index (χ0v) is 18.3. The Morgan fingerprint density at radius 1 is 0.968 bits per heavy atom. The molecule has 0 radical (unpaired) electrons. The first-order valence-electron chi connectivity index (χ1n) is 10.3. The summed E-state index contributed by atoms with van der Waals surface area (Å²) in [5.41, 5.74) is 3.53. The fourth-order valence-corrected chi connectivity index (χ4v) is 3.48. The van der Waals surface area contributed by atoms with Crippen molar-refractivity contribution in [3.05, 3.63) is 59.8 Å². The van der Waals surface area contributed by atoms with Gasteiger partial charge in [0, 0.05) is 36.0 Å². The van der Waals surface area contributed by atoms with E-state index in [2.05, 4.69) is 29.0 Å². The smallest absolute Gasteiger partial charge is 0.341 e. The Labute approximate surface area is 182 Å². The molecule has 0 amide bonds. The minimum Gasteiger partial charge on any atom is -0.465 e. The summed E-state index contributed by atoms with van der Waals surface area (Å²) in [6, 6.07) is 13.2. The summed E-state index contributed by atoms with van der Waals surface area (Å²) in [6.07, 6.45) is 1.43. The van der Waals surface area contributed by atoms with Gasteiger partial charge in [-0.3, -0.25) is 4.98 Å². The van der Waals surface area contributed by atoms with Crippen molar-refractivity contribution in [3.8, 4) is 0 Å². The van der Waals surface area contributed by atoms with Crippen molar-refractivity contribution in [2.75, 3.05) is 37.0 Å². The minimum atomic E-state index is -0.489. The Bertz CT molecular complexity index is 1080. The summed E-state index contributed by atoms with van der Waals surface area (Å²) in [5, 5.41) is 3.96. The molecule has 0 spiro atoms. The number of hydrogen-bond acceptors (Lipinski definition) is 7. The van der Waals surface area contributed by atoms with E-state index in [-0.39, 0.29) is 6.61 Å². The van der Waals surface area contributed by atoms with Gasteiger partial charge in [-0.2, -0.15) is 0 Å². The van der Waals surface area contributed by atoms with Gasteiger partial charge in [0.1, 0.15) is 5.56 Å². The number of aromatic nitrogens is 1. The molecule has 0 aliphatic rings. The third-order valence-corrected chi connectivity index (χ3v) is 5.06. The number of para-hydroxylation sites is 1. The van der Waals surface area contributed by atoms with E-state index in [4.69, 9.17) is 9.47 Å². The minimum absolute atomic E-state index is 0.247. The molecule has 1 N–H and O–H groups in total. The van der Waals surface area contributed by atoms with E-state index in [1.54, 1.807) is 19.1 Å². The van der Waals surface area contributed by atoms with E-state index in [1.807, 2.05) is 30.3 Å². The van der Waals surface area contributed by atoms with Gasteiger partial charge >= 0.3 is 11.9 Å². The van der Waals surface area contributed by atoms with Crippen LogP contribution in [0.3, 0.4) is 0 Å². The molecule has 0 bridgehead atoms. The first kappa shape index (κ1) is 22.1. The van der Waals surface area contributed by atoms with Gasteiger partial charge < -0.3 is 19.7 Å². The molecule has 0 saturated carbocycles. The van der Waals surface area contributed by atoms with Gasteiger partial charge in [-0.25, -0.2) is 9.59 Å². The highest BCUT2D eigenvalue weighted by Gasteiger charge is 2.20. The number of pyridine rings is 1. The van der Waals surface area contributed by atoms with Gasteiger partial charge in [-0.1, -0.05) is 12.1 Å². The van der Waals surface area contributed by atoms with Crippen molar-refractivity contribution in [2.24, 2.45) is 0 Å². The van der Waals surface area contributed by atoms with Crippen molar-refractivity contribution in [2.45, 2.75) is 20.8 Å². The summed E-state index contributed by atoms with van der Waals surface area (Å²) in [6.45, 7) is 8.06. The van der Waals surface area contributed by atoms with Crippen LogP contribution in [0.4, 0.5) is 17.1 Å². The van der Waals surface area contributed by atoms with Crippen LogP contribution in [0.15, 0.2) is 48.7 Å². The summed E-state index contributed by atoms with van der Waals surface area (Å²) in [7, 11) is 1.32. The number of nitrogens with zero attached hydrogens (tertiary/aromatic N) is 2. The molecule has 3 rings (SSSR count). The maximum atomic E-state index is 12.6. The van der Waals surface area contributed by atoms with E-state index < -0.39 is 11.9 Å². The topological polar surface area (TPSA) is 80.8 Å². The second-order valence-corrected chi connectivity index (χ2v) is 6.80. The standard InChI is InChI=1S/C24H27N3O4/c1-5-27(6-2)17-13-11-16(12-14-17)26-22-18-9-8-10-19(23(28)30-4)21(18)25-15-20(22)24(29)31-7-3/h8-15H,5-7H2,1-4H3,(H,25,26). The zero-order chi connectivity index (χ0) is 22.4. The number of nitrogens with one attached hydrogen (secondary N) is 1. The lowest BCUT2D eigenvalue weighted by Gasteiger charge is -2.21. The third-order valence-electron chi connectivity index (χ3n) is 5.06. The number of benzene rings is 2. The molecule has 7 heteroatoms. The number of methoxy groups -OCH3 is 1. The molecule has 1 aromatic heterocycles. The first-order chi connectivity index (χ1) is 15.0. The molecule has 31 heavy (non-hydrogen) atoms. The summed E-state index contributed by atoms with van der Waals surface area (Å²) in [4.78, 5) is 31.4. The number of anilines is 3. The van der Waals surface area contributed by atoms with Crippen LogP contribution >= 0.6 is 0 Å². The zero-order valence-electron chi connectivity index (χ0n) is 18.3. The monoisotopic (exact) mass is 421 g/mol. The van der Waals surface area contributed by atoms with E-state index in [0.717, 1.165) is 24.5 Å². The Morgan fingerprint density at radius 3 is 2.29 bits per heavy atom. The third kappa shape index (κ3) is 4.60. The molecule has 7 nitrogen and oxygen atoms in total. The van der Waals surface area contributed by atoms with Crippen LogP contribution in [0.25, 0.3) is 10.9 Å². The highest BCUT2D eigenvalue weighted by atomic mass is 16.5. The number of esters is 2. The van der Waals surface area contributed by atoms with Crippen LogP contribution in [0.2, 0.25) is 0 Å². The average Bonchev–Trinajstić information content (AvgIpc) is 2.80. The molecule has 1 heterocycles. The van der Waals surface area contributed by atoms with E-state index >= 15 is 0 Å². The van der Waals surface area contributed by atoms with Gasteiger partial charge in [0.25, 0.3) is 0 Å². The van der Waals surface area contributed by atoms with Crippen LogP contribution in [0, 0.1) is 0 Å². The molecule has 3 aromatic rings. The summed E-state index contributed by atoms with van der Waals surface area (Å²) >= 11 is 0. The maximum Gasteiger partial charge on any atom is 0.341 e. The van der Waals surface area contributed by atoms with Crippen LogP contribution in [-0.4, -0.2) is 43.7 Å². The molecule has 0 atom stereocenters. The molecular formula is C24H27N3O4. The van der Waals surface area contributed by atoms with Crippen molar-refractivity contribution < 1.29 is 19.1 Å². The molecule has 2 aromatic carbocycles. The molecule has 0 unspecified atom stereocenters. The van der Waals surface area contributed by atoms with Crippen LogP contribution in [0.1, 0.15) is 41.5 Å². The Balaban J connectivity index is 2.10. The van der Waals surface area contributed by atoms with Crippen LogP contribution in [-0.2, 0) is 9.47 Å². The molecule has 162 valence electrons. The molecular weight excluding hydrogens is 394 g/mol. The second-order valence-electron chi connectivity index (χ2n) is 6.80. The number of carbonyl (C=O) groups excluding carboxylic acids is 2. The first-order valence-corrected chi connectivity index (χ1v) is 10.3. The fraction of sp³-hybridized carbons (Fsp3) is 0.292. The lowest BCUT2D eigenvalue weighted by atomic mass is 10.0. The SMILES string of the molecule is CCOC(=O)c1cnc2c(C(=O)OC)cccc2c1Nc1ccc(N(CC)CC)cc1. The predicted molar refractivity (Wildman–Crippen MR) is 122 cm³/mol. The van der Waals surface area contributed by atoms with Crippen molar-refractivity contribution in [3.63, 3.8) is 0 Å². The Kier molecular flexibility index (Phi) is 7.07. The quantitative estimate of drug-likeness (QED) is 0.524. The van der Waals surface area contributed by atoms with E-state index in [9.17, 15) is 9.59 Å². The maximum absolute atomic E-state index is 12.6. The van der Waals surface area contributed by atoms with Crippen LogP contribution in [0.5, 0.6) is 0 Å². The lowest BCUT2D eigenvalue weighted by molar-refractivity contribution is 0.0526. The molecule has 0 fully saturated rings. The fourth-order valence-electron chi connectivity index (χ4n) is 3.48. The van der Waals surface area contributed by atoms with Gasteiger partial charge in [0.15, 0.2) is 0 Å². The van der Waals surface area contributed by atoms with Crippen molar-refractivity contribution in [1.82, 2.24) is 4.98 Å². The molecule has 0 aliphatic carbocycles. The number of fused-ring (bicyclic) bond motifs is 1. The highest BCUT2D eigenvalue weighted by molar-refractivity contribution is 6.11. The molecule has 0 saturated heterocycles. The largest absolute Gasteiger partial charge is 0.465 e. The predicted octanol–water partition coefficient (Wildman–Crippen LogP) is 4.79. The van der Waals surface area contributed by atoms with Crippen molar-refractivity contribution in [1.29, 1.82) is 0 Å². The average molecular weight is 421 g/mol. The van der Waals surface area contributed by atoms with Crippen LogP contribution < -0.4 is 10.2 Å². The molecule has 0 aliphatic heterocycles. The number of ether oxygens (including phenoxy) is 2.